The highest BCUT2D eigenvalue weighted by Gasteiger charge is 2.33. The van der Waals surface area contributed by atoms with Gasteiger partial charge in [-0.3, -0.25) is 0 Å². The molecule has 2 aromatic rings. The summed E-state index contributed by atoms with van der Waals surface area (Å²) in [6.45, 7) is 6.91. The van der Waals surface area contributed by atoms with E-state index in [0.29, 0.717) is 0 Å². The minimum atomic E-state index is -0.359. The van der Waals surface area contributed by atoms with Gasteiger partial charge in [-0.25, -0.2) is 0 Å². The average Bonchev–Trinajstić information content (AvgIpc) is 2.49. The van der Waals surface area contributed by atoms with Crippen molar-refractivity contribution in [3.05, 3.63) is 60.7 Å². The molecule has 2 heteroatoms. The van der Waals surface area contributed by atoms with Crippen LogP contribution in [0.2, 0.25) is 0 Å². The largest absolute Gasteiger partial charge is 0.305 e. The van der Waals surface area contributed by atoms with Crippen LogP contribution >= 0.6 is 8.07 Å². The molecule has 0 amide bonds. The van der Waals surface area contributed by atoms with Crippen molar-refractivity contribution < 1.29 is 4.25 Å². The molecular weight excluding hydrogens is 249 g/mol. The molecule has 0 heterocycles. The van der Waals surface area contributed by atoms with Crippen LogP contribution in [-0.2, 0) is 0 Å². The van der Waals surface area contributed by atoms with Gasteiger partial charge in [0, 0.05) is 10.6 Å². The first-order valence-corrected chi connectivity index (χ1v) is 8.26. The lowest BCUT2D eigenvalue weighted by molar-refractivity contribution is -0.779. The third kappa shape index (κ3) is 3.05. The molecule has 0 fully saturated rings. The highest BCUT2D eigenvalue weighted by molar-refractivity contribution is 7.67. The van der Waals surface area contributed by atoms with Crippen LogP contribution in [0.1, 0.15) is 13.8 Å². The zero-order chi connectivity index (χ0) is 13.7. The maximum absolute atomic E-state index is 2.38. The molecule has 0 unspecified atom stereocenters. The maximum atomic E-state index is 2.38. The van der Waals surface area contributed by atoms with Crippen molar-refractivity contribution in [3.8, 4) is 0 Å². The Morgan fingerprint density at radius 1 is 0.737 bits per heavy atom. The zero-order valence-corrected chi connectivity index (χ0v) is 13.0. The van der Waals surface area contributed by atoms with Crippen LogP contribution in [0.15, 0.2) is 60.7 Å². The Labute approximate surface area is 118 Å². The highest BCUT2D eigenvalue weighted by atomic mass is 31.1. The second-order valence-corrected chi connectivity index (χ2v) is 7.58. The second kappa shape index (κ2) is 6.32. The van der Waals surface area contributed by atoms with Gasteiger partial charge in [0.05, 0.1) is 20.1 Å². The molecule has 2 aromatic carbocycles. The molecule has 0 N–H and O–H groups in total. The predicted molar refractivity (Wildman–Crippen MR) is 86.3 cm³/mol. The molecule has 0 aromatic heterocycles. The molecule has 0 aliphatic rings. The third-order valence-electron chi connectivity index (χ3n) is 3.85. The summed E-state index contributed by atoms with van der Waals surface area (Å²) in [7, 11) is 2.02. The van der Waals surface area contributed by atoms with Gasteiger partial charge in [0.2, 0.25) is 0 Å². The first-order valence-electron chi connectivity index (χ1n) is 6.96. The van der Waals surface area contributed by atoms with E-state index in [1.807, 2.05) is 0 Å². The van der Waals surface area contributed by atoms with Crippen molar-refractivity contribution in [1.82, 2.24) is 0 Å². The van der Waals surface area contributed by atoms with Gasteiger partial charge in [-0.2, -0.15) is 0 Å². The second-order valence-electron chi connectivity index (χ2n) is 4.95. The summed E-state index contributed by atoms with van der Waals surface area (Å²) >= 11 is 0. The number of rotatable bonds is 5. The number of quaternary nitrogens is 1. The fraction of sp³-hybridized carbons (Fsp3) is 0.294. The van der Waals surface area contributed by atoms with Crippen LogP contribution in [0, 0.1) is 0 Å². The maximum Gasteiger partial charge on any atom is 0.168 e. The Bertz CT molecular complexity index is 452. The van der Waals surface area contributed by atoms with E-state index in [1.54, 1.807) is 0 Å². The topological polar surface area (TPSA) is 0 Å². The SMILES string of the molecule is CC[N+](C)(CC)P(c1ccccc1)c1ccccc1. The molecular formula is C17H23NP+. The summed E-state index contributed by atoms with van der Waals surface area (Å²) in [6, 6.07) is 21.9. The van der Waals surface area contributed by atoms with Crippen molar-refractivity contribution in [1.29, 1.82) is 0 Å². The minimum Gasteiger partial charge on any atom is -0.305 e. The minimum absolute atomic E-state index is 0.359. The molecule has 0 aliphatic carbocycles. The predicted octanol–water partition coefficient (Wildman–Crippen LogP) is 3.52. The Kier molecular flexibility index (Phi) is 4.74. The van der Waals surface area contributed by atoms with Crippen LogP contribution in [-0.4, -0.2) is 24.4 Å². The van der Waals surface area contributed by atoms with Crippen LogP contribution in [0.3, 0.4) is 0 Å². The lowest BCUT2D eigenvalue weighted by atomic mass is 10.4. The normalized spacial score (nSPS) is 11.8. The molecule has 0 radical (unpaired) electrons. The van der Waals surface area contributed by atoms with E-state index in [-0.39, 0.29) is 8.07 Å². The van der Waals surface area contributed by atoms with Crippen molar-refractivity contribution in [3.63, 3.8) is 0 Å². The number of hydrogen-bond acceptors (Lipinski definition) is 0. The van der Waals surface area contributed by atoms with Crippen LogP contribution in [0.25, 0.3) is 0 Å². The van der Waals surface area contributed by atoms with Gasteiger partial charge in [0.25, 0.3) is 0 Å². The lowest BCUT2D eigenvalue weighted by Gasteiger charge is -2.39. The van der Waals surface area contributed by atoms with Gasteiger partial charge in [-0.15, -0.1) is 0 Å². The van der Waals surface area contributed by atoms with E-state index in [0.717, 1.165) is 17.3 Å². The standard InChI is InChI=1S/C17H23NP/c1-4-18(3,5-2)19(16-12-8-6-9-13-16)17-14-10-7-11-15-17/h6-15H,4-5H2,1-3H3/q+1. The molecule has 100 valence electrons. The summed E-state index contributed by atoms with van der Waals surface area (Å²) in [5, 5.41) is 2.94. The van der Waals surface area contributed by atoms with Gasteiger partial charge in [-0.1, -0.05) is 36.4 Å². The summed E-state index contributed by atoms with van der Waals surface area (Å²) in [4.78, 5) is 0. The first-order chi connectivity index (χ1) is 9.21. The summed E-state index contributed by atoms with van der Waals surface area (Å²) < 4.78 is 1.10. The fourth-order valence-corrected chi connectivity index (χ4v) is 5.24. The molecule has 19 heavy (non-hydrogen) atoms. The van der Waals surface area contributed by atoms with E-state index in [9.17, 15) is 0 Å². The molecule has 0 bridgehead atoms. The Morgan fingerprint density at radius 3 is 1.42 bits per heavy atom. The van der Waals surface area contributed by atoms with E-state index in [2.05, 4.69) is 81.6 Å². The summed E-state index contributed by atoms with van der Waals surface area (Å²) in [6.07, 6.45) is 0. The molecule has 0 spiro atoms. The quantitative estimate of drug-likeness (QED) is 0.731. The number of nitrogens with zero attached hydrogens (tertiary/aromatic N) is 1. The van der Waals surface area contributed by atoms with E-state index in [1.165, 1.54) is 10.6 Å². The van der Waals surface area contributed by atoms with Crippen molar-refractivity contribution in [2.45, 2.75) is 13.8 Å². The van der Waals surface area contributed by atoms with Crippen LogP contribution < -0.4 is 10.6 Å². The molecule has 0 atom stereocenters. The highest BCUT2D eigenvalue weighted by Crippen LogP contribution is 2.43. The third-order valence-corrected chi connectivity index (χ3v) is 6.95. The van der Waals surface area contributed by atoms with Crippen molar-refractivity contribution in [2.75, 3.05) is 20.1 Å². The van der Waals surface area contributed by atoms with Crippen LogP contribution in [0.4, 0.5) is 0 Å². The molecule has 1 nitrogen and oxygen atoms in total. The van der Waals surface area contributed by atoms with Crippen molar-refractivity contribution in [2.24, 2.45) is 0 Å². The first kappa shape index (κ1) is 14.2. The zero-order valence-electron chi connectivity index (χ0n) is 12.1. The number of benzene rings is 2. The molecule has 0 saturated carbocycles. The van der Waals surface area contributed by atoms with Crippen molar-refractivity contribution >= 4 is 18.7 Å². The molecule has 2 rings (SSSR count). The van der Waals surface area contributed by atoms with Crippen LogP contribution in [0.5, 0.6) is 0 Å². The number of hydrogen-bond donors (Lipinski definition) is 0. The Morgan fingerprint density at radius 2 is 1.11 bits per heavy atom. The van der Waals surface area contributed by atoms with Gasteiger partial charge >= 0.3 is 0 Å². The molecule has 0 aliphatic heterocycles. The van der Waals surface area contributed by atoms with Gasteiger partial charge in [-0.05, 0) is 38.1 Å². The van der Waals surface area contributed by atoms with E-state index < -0.39 is 0 Å². The van der Waals surface area contributed by atoms with Gasteiger partial charge in [0.1, 0.15) is 0 Å². The summed E-state index contributed by atoms with van der Waals surface area (Å²) in [5.41, 5.74) is 0. The average molecular weight is 272 g/mol. The smallest absolute Gasteiger partial charge is 0.168 e. The fourth-order valence-electron chi connectivity index (χ4n) is 2.35. The monoisotopic (exact) mass is 272 g/mol. The van der Waals surface area contributed by atoms with E-state index in [4.69, 9.17) is 0 Å². The Balaban J connectivity index is 2.52. The van der Waals surface area contributed by atoms with Gasteiger partial charge in [0.15, 0.2) is 8.07 Å². The lowest BCUT2D eigenvalue weighted by Crippen LogP contribution is -2.44. The van der Waals surface area contributed by atoms with E-state index >= 15 is 0 Å². The Hall–Kier alpha value is -1.17. The van der Waals surface area contributed by atoms with Gasteiger partial charge < -0.3 is 4.25 Å². The molecule has 0 saturated heterocycles. The summed E-state index contributed by atoms with van der Waals surface area (Å²) in [5.74, 6) is 0.